The van der Waals surface area contributed by atoms with Gasteiger partial charge in [0.1, 0.15) is 0 Å². The number of sulfonamides is 1. The fourth-order valence-electron chi connectivity index (χ4n) is 2.76. The molecule has 2 rings (SSSR count). The molecular weight excluding hydrogens is 440 g/mol. The van der Waals surface area contributed by atoms with E-state index in [-0.39, 0.29) is 16.4 Å². The molecule has 0 N–H and O–H groups in total. The molecule has 0 aliphatic heterocycles. The number of halogens is 1. The second kappa shape index (κ2) is 10.5. The number of hydrogen-bond acceptors (Lipinski definition) is 5. The summed E-state index contributed by atoms with van der Waals surface area (Å²) in [7, 11) is -2.55. The van der Waals surface area contributed by atoms with Gasteiger partial charge in [0.15, 0.2) is 6.61 Å². The summed E-state index contributed by atoms with van der Waals surface area (Å²) in [6, 6.07) is 11.9. The Morgan fingerprint density at radius 3 is 2.42 bits per heavy atom. The molecule has 31 heavy (non-hydrogen) atoms. The number of rotatable bonds is 9. The Bertz CT molecular complexity index is 1080. The Kier molecular flexibility index (Phi) is 8.24. The molecular formula is C22H25ClN2O5S. The molecule has 1 amide bonds. The number of benzene rings is 2. The molecule has 0 fully saturated rings. The van der Waals surface area contributed by atoms with Crippen molar-refractivity contribution in [3.63, 3.8) is 0 Å². The molecule has 0 unspecified atom stereocenters. The Labute approximate surface area is 187 Å². The molecule has 0 heterocycles. The van der Waals surface area contributed by atoms with Gasteiger partial charge in [-0.1, -0.05) is 35.9 Å². The summed E-state index contributed by atoms with van der Waals surface area (Å²) in [5.41, 5.74) is 1.21. The van der Waals surface area contributed by atoms with Gasteiger partial charge in [-0.25, -0.2) is 13.2 Å². The fourth-order valence-corrected chi connectivity index (χ4v) is 4.17. The summed E-state index contributed by atoms with van der Waals surface area (Å²) < 4.78 is 32.1. The highest BCUT2D eigenvalue weighted by molar-refractivity contribution is 7.92. The van der Waals surface area contributed by atoms with Crippen molar-refractivity contribution >= 4 is 39.2 Å². The van der Waals surface area contributed by atoms with E-state index in [1.807, 2.05) is 6.92 Å². The molecule has 166 valence electrons. The topological polar surface area (TPSA) is 84.0 Å². The summed E-state index contributed by atoms with van der Waals surface area (Å²) >= 11 is 5.95. The van der Waals surface area contributed by atoms with Gasteiger partial charge in [0.25, 0.3) is 15.9 Å². The van der Waals surface area contributed by atoms with Gasteiger partial charge in [-0.3, -0.25) is 9.10 Å². The highest BCUT2D eigenvalue weighted by Crippen LogP contribution is 2.25. The van der Waals surface area contributed by atoms with Gasteiger partial charge in [-0.2, -0.15) is 0 Å². The first kappa shape index (κ1) is 24.4. The number of ether oxygens (including phenoxy) is 1. The predicted molar refractivity (Wildman–Crippen MR) is 121 cm³/mol. The van der Waals surface area contributed by atoms with E-state index in [0.717, 1.165) is 9.88 Å². The third kappa shape index (κ3) is 6.32. The second-order valence-electron chi connectivity index (χ2n) is 6.92. The third-order valence-electron chi connectivity index (χ3n) is 4.42. The summed E-state index contributed by atoms with van der Waals surface area (Å²) in [4.78, 5) is 26.1. The number of likely N-dealkylation sites (N-methyl/N-ethyl adjacent to an activating group) is 1. The van der Waals surface area contributed by atoms with Gasteiger partial charge in [-0.15, -0.1) is 0 Å². The van der Waals surface area contributed by atoms with Gasteiger partial charge < -0.3 is 9.64 Å². The van der Waals surface area contributed by atoms with Crippen LogP contribution in [0.15, 0.2) is 65.6 Å². The van der Waals surface area contributed by atoms with Crippen LogP contribution in [0, 0.1) is 0 Å². The maximum absolute atomic E-state index is 13.0. The standard InChI is InChI=1S/C22H25ClN2O5S/c1-5-25(14-16(2)3)21(26)15-30-22(27)17-8-6-11-20(12-17)31(28,29)24(4)19-10-7-9-18(23)13-19/h6-13H,2,5,14-15H2,1,3-4H3. The van der Waals surface area contributed by atoms with Crippen molar-refractivity contribution in [3.8, 4) is 0 Å². The van der Waals surface area contributed by atoms with E-state index in [4.69, 9.17) is 16.3 Å². The lowest BCUT2D eigenvalue weighted by molar-refractivity contribution is -0.133. The van der Waals surface area contributed by atoms with Crippen LogP contribution in [0.3, 0.4) is 0 Å². The zero-order chi connectivity index (χ0) is 23.2. The monoisotopic (exact) mass is 464 g/mol. The molecule has 0 saturated heterocycles. The highest BCUT2D eigenvalue weighted by Gasteiger charge is 2.23. The van der Waals surface area contributed by atoms with Crippen molar-refractivity contribution in [3.05, 3.63) is 71.3 Å². The number of anilines is 1. The van der Waals surface area contributed by atoms with Gasteiger partial charge >= 0.3 is 5.97 Å². The lowest BCUT2D eigenvalue weighted by Crippen LogP contribution is -2.35. The van der Waals surface area contributed by atoms with Crippen LogP contribution in [0.5, 0.6) is 0 Å². The Morgan fingerprint density at radius 1 is 1.13 bits per heavy atom. The minimum Gasteiger partial charge on any atom is -0.452 e. The largest absolute Gasteiger partial charge is 0.452 e. The Balaban J connectivity index is 2.16. The van der Waals surface area contributed by atoms with Crippen LogP contribution in [0.2, 0.25) is 5.02 Å². The Hall–Kier alpha value is -2.84. The van der Waals surface area contributed by atoms with Crippen LogP contribution in [-0.2, 0) is 19.6 Å². The van der Waals surface area contributed by atoms with Crippen molar-refractivity contribution in [2.45, 2.75) is 18.7 Å². The van der Waals surface area contributed by atoms with Crippen LogP contribution in [-0.4, -0.2) is 51.9 Å². The van der Waals surface area contributed by atoms with Crippen LogP contribution in [0.1, 0.15) is 24.2 Å². The molecule has 0 bridgehead atoms. The fraction of sp³-hybridized carbons (Fsp3) is 0.273. The maximum Gasteiger partial charge on any atom is 0.338 e. The molecule has 0 radical (unpaired) electrons. The van der Waals surface area contributed by atoms with Crippen molar-refractivity contribution in [2.24, 2.45) is 0 Å². The summed E-state index contributed by atoms with van der Waals surface area (Å²) in [6.45, 7) is 7.76. The van der Waals surface area contributed by atoms with E-state index in [9.17, 15) is 18.0 Å². The number of hydrogen-bond donors (Lipinski definition) is 0. The molecule has 0 spiro atoms. The van der Waals surface area contributed by atoms with Gasteiger partial charge in [-0.05, 0) is 50.2 Å². The zero-order valence-electron chi connectivity index (χ0n) is 17.7. The summed E-state index contributed by atoms with van der Waals surface area (Å²) in [5, 5.41) is 0.398. The lowest BCUT2D eigenvalue weighted by Gasteiger charge is -2.21. The smallest absolute Gasteiger partial charge is 0.338 e. The quantitative estimate of drug-likeness (QED) is 0.417. The summed E-state index contributed by atoms with van der Waals surface area (Å²) in [5.74, 6) is -1.15. The van der Waals surface area contributed by atoms with Crippen LogP contribution < -0.4 is 4.31 Å². The first-order valence-electron chi connectivity index (χ1n) is 9.50. The molecule has 0 aliphatic carbocycles. The molecule has 2 aromatic rings. The average molecular weight is 465 g/mol. The number of carbonyl (C=O) groups excluding carboxylic acids is 2. The van der Waals surface area contributed by atoms with E-state index in [1.54, 1.807) is 25.1 Å². The minimum absolute atomic E-state index is 0.0244. The number of carbonyl (C=O) groups is 2. The molecule has 0 atom stereocenters. The summed E-state index contributed by atoms with van der Waals surface area (Å²) in [6.07, 6.45) is 0. The van der Waals surface area contributed by atoms with Gasteiger partial charge in [0.05, 0.1) is 16.1 Å². The minimum atomic E-state index is -3.94. The van der Waals surface area contributed by atoms with Gasteiger partial charge in [0.2, 0.25) is 0 Å². The van der Waals surface area contributed by atoms with Crippen molar-refractivity contribution in [1.29, 1.82) is 0 Å². The maximum atomic E-state index is 13.0. The van der Waals surface area contributed by atoms with Crippen LogP contribution in [0.25, 0.3) is 0 Å². The molecule has 9 heteroatoms. The van der Waals surface area contributed by atoms with E-state index in [2.05, 4.69) is 6.58 Å². The van der Waals surface area contributed by atoms with E-state index >= 15 is 0 Å². The average Bonchev–Trinajstić information content (AvgIpc) is 2.74. The number of esters is 1. The number of nitrogens with zero attached hydrogens (tertiary/aromatic N) is 2. The van der Waals surface area contributed by atoms with Crippen molar-refractivity contribution in [1.82, 2.24) is 4.90 Å². The molecule has 0 aliphatic rings. The van der Waals surface area contributed by atoms with E-state index in [0.29, 0.717) is 23.8 Å². The van der Waals surface area contributed by atoms with Crippen LogP contribution >= 0.6 is 11.6 Å². The molecule has 0 aromatic heterocycles. The van der Waals surface area contributed by atoms with Gasteiger partial charge in [0, 0.05) is 25.2 Å². The molecule has 2 aromatic carbocycles. The normalized spacial score (nSPS) is 11.0. The number of amides is 1. The SMILES string of the molecule is C=C(C)CN(CC)C(=O)COC(=O)c1cccc(S(=O)(=O)N(C)c2cccc(Cl)c2)c1. The molecule has 0 saturated carbocycles. The third-order valence-corrected chi connectivity index (χ3v) is 6.44. The molecule has 7 nitrogen and oxygen atoms in total. The lowest BCUT2D eigenvalue weighted by atomic mass is 10.2. The zero-order valence-corrected chi connectivity index (χ0v) is 19.2. The van der Waals surface area contributed by atoms with Crippen molar-refractivity contribution in [2.75, 3.05) is 31.0 Å². The first-order chi connectivity index (χ1) is 14.6. The van der Waals surface area contributed by atoms with Crippen molar-refractivity contribution < 1.29 is 22.7 Å². The second-order valence-corrected chi connectivity index (χ2v) is 9.33. The Morgan fingerprint density at radius 2 is 1.81 bits per heavy atom. The van der Waals surface area contributed by atoms with E-state index in [1.165, 1.54) is 42.3 Å². The highest BCUT2D eigenvalue weighted by atomic mass is 35.5. The predicted octanol–water partition coefficient (Wildman–Crippen LogP) is 3.75. The van der Waals surface area contributed by atoms with E-state index < -0.39 is 22.6 Å². The van der Waals surface area contributed by atoms with Crippen LogP contribution in [0.4, 0.5) is 5.69 Å². The first-order valence-corrected chi connectivity index (χ1v) is 11.3.